The lowest BCUT2D eigenvalue weighted by molar-refractivity contribution is -0.116. The Kier molecular flexibility index (Phi) is 5.87. The number of hydrogen-bond donors (Lipinski definition) is 2. The first kappa shape index (κ1) is 14.9. The lowest BCUT2D eigenvalue weighted by Gasteiger charge is -2.24. The molecule has 2 rings (SSSR count). The third-order valence-electron chi connectivity index (χ3n) is 3.80. The van der Waals surface area contributed by atoms with E-state index in [1.54, 1.807) is 12.1 Å². The Bertz CT molecular complexity index is 408. The Morgan fingerprint density at radius 3 is 2.30 bits per heavy atom. The van der Waals surface area contributed by atoms with Gasteiger partial charge in [0.25, 0.3) is 0 Å². The summed E-state index contributed by atoms with van der Waals surface area (Å²) >= 11 is 0. The summed E-state index contributed by atoms with van der Waals surface area (Å²) in [5.74, 6) is 0.0804. The van der Waals surface area contributed by atoms with Gasteiger partial charge in [-0.25, -0.2) is 0 Å². The molecule has 0 atom stereocenters. The topological polar surface area (TPSA) is 58.4 Å². The predicted molar refractivity (Wildman–Crippen MR) is 83.6 cm³/mol. The van der Waals surface area contributed by atoms with Crippen LogP contribution in [-0.2, 0) is 4.79 Å². The van der Waals surface area contributed by atoms with Gasteiger partial charge < -0.3 is 16.0 Å². The Hall–Kier alpha value is -1.55. The van der Waals surface area contributed by atoms with Gasteiger partial charge in [0.2, 0.25) is 5.91 Å². The molecule has 3 N–H and O–H groups in total. The van der Waals surface area contributed by atoms with E-state index in [0.717, 1.165) is 25.3 Å². The van der Waals surface area contributed by atoms with Crippen LogP contribution in [0, 0.1) is 0 Å². The van der Waals surface area contributed by atoms with Crippen LogP contribution in [0.25, 0.3) is 0 Å². The van der Waals surface area contributed by atoms with Gasteiger partial charge in [0, 0.05) is 24.3 Å². The van der Waals surface area contributed by atoms with Crippen LogP contribution in [-0.4, -0.2) is 30.4 Å². The van der Waals surface area contributed by atoms with E-state index >= 15 is 0 Å². The van der Waals surface area contributed by atoms with Gasteiger partial charge in [0.05, 0.1) is 0 Å². The Balaban J connectivity index is 1.72. The van der Waals surface area contributed by atoms with Crippen molar-refractivity contribution in [3.63, 3.8) is 0 Å². The van der Waals surface area contributed by atoms with E-state index in [1.807, 2.05) is 12.1 Å². The highest BCUT2D eigenvalue weighted by atomic mass is 16.1. The molecule has 1 aliphatic heterocycles. The lowest BCUT2D eigenvalue weighted by Crippen LogP contribution is -2.30. The molecule has 4 heteroatoms. The standard InChI is InChI=1S/C16H25N3O/c17-14-6-8-15(9-7-14)18-16(20)10-13-19-11-4-2-1-3-5-12-19/h6-9H,1-5,10-13,17H2,(H,18,20). The fourth-order valence-corrected chi connectivity index (χ4v) is 2.59. The van der Waals surface area contributed by atoms with E-state index in [0.29, 0.717) is 12.1 Å². The maximum atomic E-state index is 11.9. The van der Waals surface area contributed by atoms with Gasteiger partial charge in [-0.15, -0.1) is 0 Å². The summed E-state index contributed by atoms with van der Waals surface area (Å²) in [6, 6.07) is 7.27. The van der Waals surface area contributed by atoms with Crippen LogP contribution in [0.2, 0.25) is 0 Å². The first-order valence-corrected chi connectivity index (χ1v) is 7.62. The second kappa shape index (κ2) is 7.90. The van der Waals surface area contributed by atoms with Gasteiger partial charge in [-0.2, -0.15) is 0 Å². The van der Waals surface area contributed by atoms with Gasteiger partial charge in [0.1, 0.15) is 0 Å². The molecule has 0 aliphatic carbocycles. The van der Waals surface area contributed by atoms with Crippen LogP contribution in [0.5, 0.6) is 0 Å². The number of likely N-dealkylation sites (tertiary alicyclic amines) is 1. The molecule has 0 bridgehead atoms. The summed E-state index contributed by atoms with van der Waals surface area (Å²) in [7, 11) is 0. The normalized spacial score (nSPS) is 17.2. The number of rotatable bonds is 4. The van der Waals surface area contributed by atoms with Crippen LogP contribution in [0.3, 0.4) is 0 Å². The van der Waals surface area contributed by atoms with Crippen molar-refractivity contribution in [2.75, 3.05) is 30.7 Å². The molecule has 4 nitrogen and oxygen atoms in total. The van der Waals surface area contributed by atoms with Crippen molar-refractivity contribution in [2.24, 2.45) is 0 Å². The summed E-state index contributed by atoms with van der Waals surface area (Å²) in [4.78, 5) is 14.3. The molecule has 20 heavy (non-hydrogen) atoms. The summed E-state index contributed by atoms with van der Waals surface area (Å²) < 4.78 is 0. The number of carbonyl (C=O) groups excluding carboxylic acids is 1. The molecule has 1 aromatic rings. The molecule has 0 radical (unpaired) electrons. The quantitative estimate of drug-likeness (QED) is 0.831. The molecule has 1 amide bonds. The fourth-order valence-electron chi connectivity index (χ4n) is 2.59. The molecule has 1 aliphatic rings. The van der Waals surface area contributed by atoms with E-state index in [-0.39, 0.29) is 5.91 Å². The highest BCUT2D eigenvalue weighted by Crippen LogP contribution is 2.12. The van der Waals surface area contributed by atoms with Gasteiger partial charge in [-0.1, -0.05) is 19.3 Å². The zero-order valence-electron chi connectivity index (χ0n) is 12.1. The van der Waals surface area contributed by atoms with Crippen molar-refractivity contribution in [2.45, 2.75) is 38.5 Å². The number of benzene rings is 1. The number of hydrogen-bond acceptors (Lipinski definition) is 3. The van der Waals surface area contributed by atoms with Crippen LogP contribution < -0.4 is 11.1 Å². The average Bonchev–Trinajstić information content (AvgIpc) is 2.40. The van der Waals surface area contributed by atoms with E-state index in [4.69, 9.17) is 5.73 Å². The minimum Gasteiger partial charge on any atom is -0.399 e. The van der Waals surface area contributed by atoms with Gasteiger partial charge in [-0.3, -0.25) is 4.79 Å². The van der Waals surface area contributed by atoms with Crippen molar-refractivity contribution in [3.8, 4) is 0 Å². The van der Waals surface area contributed by atoms with Crippen LogP contribution >= 0.6 is 0 Å². The number of nitrogens with zero attached hydrogens (tertiary/aromatic N) is 1. The predicted octanol–water partition coefficient (Wildman–Crippen LogP) is 2.86. The Labute approximate surface area is 121 Å². The van der Waals surface area contributed by atoms with Gasteiger partial charge in [0.15, 0.2) is 0 Å². The van der Waals surface area contributed by atoms with Gasteiger partial charge >= 0.3 is 0 Å². The van der Waals surface area contributed by atoms with Crippen molar-refractivity contribution in [1.82, 2.24) is 4.90 Å². The smallest absolute Gasteiger partial charge is 0.225 e. The largest absolute Gasteiger partial charge is 0.399 e. The number of nitrogen functional groups attached to an aromatic ring is 1. The first-order valence-electron chi connectivity index (χ1n) is 7.62. The van der Waals surface area contributed by atoms with E-state index in [1.165, 1.54) is 32.1 Å². The van der Waals surface area contributed by atoms with Gasteiger partial charge in [-0.05, 0) is 50.2 Å². The monoisotopic (exact) mass is 275 g/mol. The molecule has 1 saturated heterocycles. The highest BCUT2D eigenvalue weighted by Gasteiger charge is 2.10. The summed E-state index contributed by atoms with van der Waals surface area (Å²) in [6.45, 7) is 3.13. The average molecular weight is 275 g/mol. The molecule has 0 aromatic heterocycles. The highest BCUT2D eigenvalue weighted by molar-refractivity contribution is 5.90. The molecular weight excluding hydrogens is 250 g/mol. The van der Waals surface area contributed by atoms with Crippen LogP contribution in [0.1, 0.15) is 38.5 Å². The maximum Gasteiger partial charge on any atom is 0.225 e. The van der Waals surface area contributed by atoms with Crippen molar-refractivity contribution >= 4 is 17.3 Å². The molecule has 0 spiro atoms. The molecular formula is C16H25N3O. The van der Waals surface area contributed by atoms with E-state index < -0.39 is 0 Å². The van der Waals surface area contributed by atoms with Crippen molar-refractivity contribution in [3.05, 3.63) is 24.3 Å². The number of carbonyl (C=O) groups is 1. The first-order chi connectivity index (χ1) is 9.74. The van der Waals surface area contributed by atoms with Crippen LogP contribution in [0.4, 0.5) is 11.4 Å². The van der Waals surface area contributed by atoms with E-state index in [9.17, 15) is 4.79 Å². The molecule has 110 valence electrons. The summed E-state index contributed by atoms with van der Waals surface area (Å²) in [6.07, 6.45) is 7.11. The molecule has 1 fully saturated rings. The van der Waals surface area contributed by atoms with Crippen molar-refractivity contribution < 1.29 is 4.79 Å². The second-order valence-electron chi connectivity index (χ2n) is 5.53. The van der Waals surface area contributed by atoms with Crippen molar-refractivity contribution in [1.29, 1.82) is 0 Å². The SMILES string of the molecule is Nc1ccc(NC(=O)CCN2CCCCCCC2)cc1. The minimum atomic E-state index is 0.0804. The molecule has 1 heterocycles. The minimum absolute atomic E-state index is 0.0804. The maximum absolute atomic E-state index is 11.9. The third kappa shape index (κ3) is 5.21. The molecule has 0 saturated carbocycles. The number of amides is 1. The molecule has 1 aromatic carbocycles. The summed E-state index contributed by atoms with van der Waals surface area (Å²) in [5.41, 5.74) is 7.15. The Morgan fingerprint density at radius 1 is 1.05 bits per heavy atom. The zero-order chi connectivity index (χ0) is 14.2. The third-order valence-corrected chi connectivity index (χ3v) is 3.80. The lowest BCUT2D eigenvalue weighted by atomic mass is 10.1. The number of nitrogens with two attached hydrogens (primary N) is 1. The second-order valence-corrected chi connectivity index (χ2v) is 5.53. The number of anilines is 2. The fraction of sp³-hybridized carbons (Fsp3) is 0.562. The summed E-state index contributed by atoms with van der Waals surface area (Å²) in [5, 5.41) is 2.92. The zero-order valence-corrected chi connectivity index (χ0v) is 12.1. The van der Waals surface area contributed by atoms with E-state index in [2.05, 4.69) is 10.2 Å². The molecule has 0 unspecified atom stereocenters. The van der Waals surface area contributed by atoms with Crippen LogP contribution in [0.15, 0.2) is 24.3 Å². The Morgan fingerprint density at radius 2 is 1.65 bits per heavy atom. The number of nitrogens with one attached hydrogen (secondary N) is 1.